The maximum Gasteiger partial charge on any atom is 0.241 e. The van der Waals surface area contributed by atoms with Crippen LogP contribution in [0.15, 0.2) is 42.5 Å². The van der Waals surface area contributed by atoms with E-state index < -0.39 is 15.9 Å². The van der Waals surface area contributed by atoms with E-state index in [1.807, 2.05) is 39.0 Å². The monoisotopic (exact) mass is 390 g/mol. The highest BCUT2D eigenvalue weighted by Gasteiger charge is 2.24. The van der Waals surface area contributed by atoms with Crippen LogP contribution in [0.4, 0.5) is 5.69 Å². The van der Waals surface area contributed by atoms with E-state index in [4.69, 9.17) is 4.74 Å². The van der Waals surface area contributed by atoms with Crippen LogP contribution >= 0.6 is 0 Å². The van der Waals surface area contributed by atoms with Crippen LogP contribution in [0, 0.1) is 13.8 Å². The van der Waals surface area contributed by atoms with Crippen molar-refractivity contribution in [1.82, 2.24) is 5.32 Å². The molecule has 2 rings (SSSR count). The average molecular weight is 391 g/mol. The number of aryl methyl sites for hydroxylation is 2. The quantitative estimate of drug-likeness (QED) is 0.789. The van der Waals surface area contributed by atoms with Crippen LogP contribution in [0.25, 0.3) is 0 Å². The lowest BCUT2D eigenvalue weighted by Crippen LogP contribution is -2.41. The van der Waals surface area contributed by atoms with Gasteiger partial charge in [0, 0.05) is 0 Å². The SMILES string of the molecule is COc1ccccc1N(CC(=O)NC(C)c1ccc(C)c(C)c1)S(C)(=O)=O. The number of hydrogen-bond acceptors (Lipinski definition) is 4. The molecule has 27 heavy (non-hydrogen) atoms. The fraction of sp³-hybridized carbons (Fsp3) is 0.350. The number of carbonyl (C=O) groups is 1. The van der Waals surface area contributed by atoms with Crippen LogP contribution in [-0.4, -0.2) is 34.2 Å². The van der Waals surface area contributed by atoms with Gasteiger partial charge in [-0.2, -0.15) is 0 Å². The second kappa shape index (κ2) is 8.43. The van der Waals surface area contributed by atoms with E-state index in [0.717, 1.165) is 21.7 Å². The van der Waals surface area contributed by atoms with Crippen molar-refractivity contribution in [2.75, 3.05) is 24.2 Å². The number of hydrogen-bond donors (Lipinski definition) is 1. The van der Waals surface area contributed by atoms with Gasteiger partial charge >= 0.3 is 0 Å². The van der Waals surface area contributed by atoms with Gasteiger partial charge in [-0.25, -0.2) is 8.42 Å². The number of benzene rings is 2. The average Bonchev–Trinajstić information content (AvgIpc) is 2.61. The Morgan fingerprint density at radius 3 is 2.41 bits per heavy atom. The summed E-state index contributed by atoms with van der Waals surface area (Å²) in [5.41, 5.74) is 3.61. The topological polar surface area (TPSA) is 75.7 Å². The fourth-order valence-electron chi connectivity index (χ4n) is 2.75. The predicted molar refractivity (Wildman–Crippen MR) is 108 cm³/mol. The van der Waals surface area contributed by atoms with Gasteiger partial charge in [-0.1, -0.05) is 30.3 Å². The van der Waals surface area contributed by atoms with Gasteiger partial charge in [-0.15, -0.1) is 0 Å². The molecule has 0 heterocycles. The van der Waals surface area contributed by atoms with Crippen molar-refractivity contribution in [3.8, 4) is 5.75 Å². The fourth-order valence-corrected chi connectivity index (χ4v) is 3.61. The standard InChI is InChI=1S/C20H26N2O4S/c1-14-10-11-17(12-15(14)2)16(3)21-20(23)13-22(27(5,24)25)18-8-6-7-9-19(18)26-4/h6-12,16H,13H2,1-5H3,(H,21,23). The van der Waals surface area contributed by atoms with E-state index in [1.54, 1.807) is 24.3 Å². The summed E-state index contributed by atoms with van der Waals surface area (Å²) in [6.45, 7) is 5.59. The van der Waals surface area contributed by atoms with Gasteiger partial charge in [-0.3, -0.25) is 9.10 Å². The number of anilines is 1. The molecule has 0 radical (unpaired) electrons. The summed E-state index contributed by atoms with van der Waals surface area (Å²) in [4.78, 5) is 12.6. The van der Waals surface area contributed by atoms with Crippen LogP contribution < -0.4 is 14.4 Å². The molecule has 0 aliphatic heterocycles. The summed E-state index contributed by atoms with van der Waals surface area (Å²) in [6, 6.07) is 12.5. The molecule has 0 aromatic heterocycles. The Hall–Kier alpha value is -2.54. The Balaban J connectivity index is 2.20. The minimum Gasteiger partial charge on any atom is -0.495 e. The van der Waals surface area contributed by atoms with Gasteiger partial charge in [-0.05, 0) is 49.6 Å². The maximum absolute atomic E-state index is 12.6. The number of amides is 1. The first kappa shape index (κ1) is 20.8. The first-order valence-corrected chi connectivity index (χ1v) is 10.5. The molecule has 0 aliphatic rings. The zero-order valence-corrected chi connectivity index (χ0v) is 17.1. The summed E-state index contributed by atoms with van der Waals surface area (Å²) < 4.78 is 30.8. The second-order valence-corrected chi connectivity index (χ2v) is 8.48. The lowest BCUT2D eigenvalue weighted by atomic mass is 10.0. The molecular weight excluding hydrogens is 364 g/mol. The number of para-hydroxylation sites is 2. The molecule has 1 amide bonds. The number of nitrogens with one attached hydrogen (secondary N) is 1. The first-order valence-electron chi connectivity index (χ1n) is 8.60. The van der Waals surface area contributed by atoms with Crippen LogP contribution in [0.3, 0.4) is 0 Å². The van der Waals surface area contributed by atoms with E-state index in [2.05, 4.69) is 5.32 Å². The van der Waals surface area contributed by atoms with Gasteiger partial charge in [0.1, 0.15) is 12.3 Å². The molecule has 0 fully saturated rings. The third-order valence-electron chi connectivity index (χ3n) is 4.45. The largest absolute Gasteiger partial charge is 0.495 e. The van der Waals surface area contributed by atoms with Crippen molar-refractivity contribution in [3.63, 3.8) is 0 Å². The molecule has 0 aliphatic carbocycles. The number of methoxy groups -OCH3 is 1. The van der Waals surface area contributed by atoms with Gasteiger partial charge < -0.3 is 10.1 Å². The van der Waals surface area contributed by atoms with E-state index in [1.165, 1.54) is 12.7 Å². The van der Waals surface area contributed by atoms with Crippen molar-refractivity contribution < 1.29 is 17.9 Å². The highest BCUT2D eigenvalue weighted by atomic mass is 32.2. The zero-order valence-electron chi connectivity index (χ0n) is 16.3. The molecular formula is C20H26N2O4S. The zero-order chi connectivity index (χ0) is 20.2. The number of carbonyl (C=O) groups excluding carboxylic acids is 1. The molecule has 1 N–H and O–H groups in total. The van der Waals surface area contributed by atoms with Gasteiger partial charge in [0.05, 0.1) is 25.1 Å². The second-order valence-electron chi connectivity index (χ2n) is 6.57. The van der Waals surface area contributed by atoms with Crippen LogP contribution in [0.1, 0.15) is 29.7 Å². The molecule has 6 nitrogen and oxygen atoms in total. The third kappa shape index (κ3) is 5.23. The van der Waals surface area contributed by atoms with E-state index in [0.29, 0.717) is 11.4 Å². The Morgan fingerprint density at radius 1 is 1.15 bits per heavy atom. The van der Waals surface area contributed by atoms with E-state index >= 15 is 0 Å². The van der Waals surface area contributed by atoms with Gasteiger partial charge in [0.25, 0.3) is 0 Å². The lowest BCUT2D eigenvalue weighted by molar-refractivity contribution is -0.120. The van der Waals surface area contributed by atoms with E-state index in [-0.39, 0.29) is 12.6 Å². The molecule has 0 saturated heterocycles. The van der Waals surface area contributed by atoms with Crippen LogP contribution in [0.2, 0.25) is 0 Å². The number of rotatable bonds is 7. The Labute approximate surface area is 161 Å². The Bertz CT molecular complexity index is 925. The lowest BCUT2D eigenvalue weighted by Gasteiger charge is -2.24. The van der Waals surface area contributed by atoms with Gasteiger partial charge in [0.15, 0.2) is 0 Å². The van der Waals surface area contributed by atoms with Crippen molar-refractivity contribution in [3.05, 3.63) is 59.2 Å². The molecule has 146 valence electrons. The summed E-state index contributed by atoms with van der Waals surface area (Å²) in [6.07, 6.45) is 1.07. The van der Waals surface area contributed by atoms with Crippen molar-refractivity contribution in [2.24, 2.45) is 0 Å². The highest BCUT2D eigenvalue weighted by Crippen LogP contribution is 2.29. The summed E-state index contributed by atoms with van der Waals surface area (Å²) in [5, 5.41) is 2.87. The van der Waals surface area contributed by atoms with Crippen molar-refractivity contribution >= 4 is 21.6 Å². The summed E-state index contributed by atoms with van der Waals surface area (Å²) >= 11 is 0. The van der Waals surface area contributed by atoms with Crippen LogP contribution in [0.5, 0.6) is 5.75 Å². The molecule has 0 bridgehead atoms. The minimum absolute atomic E-state index is 0.240. The van der Waals surface area contributed by atoms with E-state index in [9.17, 15) is 13.2 Å². The maximum atomic E-state index is 12.6. The number of nitrogens with zero attached hydrogens (tertiary/aromatic N) is 1. The minimum atomic E-state index is -3.67. The van der Waals surface area contributed by atoms with Crippen molar-refractivity contribution in [1.29, 1.82) is 0 Å². The first-order chi connectivity index (χ1) is 12.6. The van der Waals surface area contributed by atoms with Gasteiger partial charge in [0.2, 0.25) is 15.9 Å². The molecule has 0 spiro atoms. The molecule has 0 saturated carbocycles. The smallest absolute Gasteiger partial charge is 0.241 e. The Morgan fingerprint density at radius 2 is 1.81 bits per heavy atom. The highest BCUT2D eigenvalue weighted by molar-refractivity contribution is 7.92. The summed E-state index contributed by atoms with van der Waals surface area (Å²) in [5.74, 6) is -0.00464. The summed E-state index contributed by atoms with van der Waals surface area (Å²) in [7, 11) is -2.21. The molecule has 2 aromatic carbocycles. The molecule has 1 atom stereocenters. The molecule has 7 heteroatoms. The Kier molecular flexibility index (Phi) is 6.49. The number of ether oxygens (including phenoxy) is 1. The molecule has 1 unspecified atom stereocenters. The van der Waals surface area contributed by atoms with Crippen molar-refractivity contribution in [2.45, 2.75) is 26.8 Å². The normalized spacial score (nSPS) is 12.3. The van der Waals surface area contributed by atoms with Crippen LogP contribution in [-0.2, 0) is 14.8 Å². The molecule has 2 aromatic rings. The number of sulfonamides is 1. The third-order valence-corrected chi connectivity index (χ3v) is 5.58. The predicted octanol–water partition coefficient (Wildman–Crippen LogP) is 2.96.